The topological polar surface area (TPSA) is 64.6 Å². The molecule has 0 saturated heterocycles. The van der Waals surface area contributed by atoms with Crippen LogP contribution in [-0.4, -0.2) is 34.9 Å². The molecular weight excluding hydrogens is 266 g/mol. The molecule has 5 nitrogen and oxygen atoms in total. The second-order valence-electron chi connectivity index (χ2n) is 4.15. The fourth-order valence-corrected chi connectivity index (χ4v) is 2.82. The number of ether oxygens (including phenoxy) is 2. The van der Waals surface area contributed by atoms with Crippen LogP contribution in [0.1, 0.15) is 18.9 Å². The van der Waals surface area contributed by atoms with Crippen LogP contribution in [0.5, 0.6) is 11.5 Å². The zero-order chi connectivity index (χ0) is 14.3. The zero-order valence-corrected chi connectivity index (χ0v) is 12.4. The van der Waals surface area contributed by atoms with Crippen molar-refractivity contribution in [2.24, 2.45) is 0 Å². The Balaban J connectivity index is 2.59. The molecule has 0 aromatic heterocycles. The molecule has 1 aromatic carbocycles. The molecule has 0 aliphatic carbocycles. The third-order valence-electron chi connectivity index (χ3n) is 2.66. The lowest BCUT2D eigenvalue weighted by atomic mass is 10.1. The first-order valence-electron chi connectivity index (χ1n) is 6.20. The molecule has 6 heteroatoms. The van der Waals surface area contributed by atoms with Crippen molar-refractivity contribution in [2.75, 3.05) is 26.5 Å². The number of methoxy groups -OCH3 is 2. The number of rotatable bonds is 8. The summed E-state index contributed by atoms with van der Waals surface area (Å²) in [7, 11) is 0.0185. The quantitative estimate of drug-likeness (QED) is 0.788. The summed E-state index contributed by atoms with van der Waals surface area (Å²) in [6.45, 7) is 2.23. The van der Waals surface area contributed by atoms with E-state index in [1.54, 1.807) is 14.2 Å². The molecule has 0 radical (unpaired) electrons. The SMILES string of the molecule is CCCS(=O)(=O)NCCc1ccc(OC)c(OC)c1. The Labute approximate surface area is 115 Å². The van der Waals surface area contributed by atoms with Crippen LogP contribution in [0.25, 0.3) is 0 Å². The summed E-state index contributed by atoms with van der Waals surface area (Å²) in [5, 5.41) is 0. The van der Waals surface area contributed by atoms with Crippen molar-refractivity contribution in [3.05, 3.63) is 23.8 Å². The third kappa shape index (κ3) is 5.08. The summed E-state index contributed by atoms with van der Waals surface area (Å²) < 4.78 is 35.9. The predicted molar refractivity (Wildman–Crippen MR) is 75.3 cm³/mol. The molecule has 108 valence electrons. The van der Waals surface area contributed by atoms with Crippen LogP contribution in [0.15, 0.2) is 18.2 Å². The Morgan fingerprint density at radius 1 is 1.16 bits per heavy atom. The number of nitrogens with one attached hydrogen (secondary N) is 1. The molecule has 0 spiro atoms. The number of benzene rings is 1. The average molecular weight is 287 g/mol. The van der Waals surface area contributed by atoms with Gasteiger partial charge in [0, 0.05) is 6.54 Å². The number of hydrogen-bond acceptors (Lipinski definition) is 4. The van der Waals surface area contributed by atoms with Gasteiger partial charge in [0.25, 0.3) is 0 Å². The van der Waals surface area contributed by atoms with Gasteiger partial charge >= 0.3 is 0 Å². The Kier molecular flexibility index (Phi) is 6.11. The number of hydrogen-bond donors (Lipinski definition) is 1. The highest BCUT2D eigenvalue weighted by atomic mass is 32.2. The minimum Gasteiger partial charge on any atom is -0.493 e. The van der Waals surface area contributed by atoms with E-state index in [9.17, 15) is 8.42 Å². The molecule has 0 unspecified atom stereocenters. The van der Waals surface area contributed by atoms with Crippen LogP contribution in [0.2, 0.25) is 0 Å². The molecular formula is C13H21NO4S. The minimum atomic E-state index is -3.14. The van der Waals surface area contributed by atoms with Gasteiger partial charge in [-0.15, -0.1) is 0 Å². The Morgan fingerprint density at radius 3 is 2.42 bits per heavy atom. The summed E-state index contributed by atoms with van der Waals surface area (Å²) in [4.78, 5) is 0. The van der Waals surface area contributed by atoms with E-state index in [1.807, 2.05) is 25.1 Å². The summed E-state index contributed by atoms with van der Waals surface area (Å²) in [5.41, 5.74) is 0.997. The first-order chi connectivity index (χ1) is 9.02. The molecule has 0 saturated carbocycles. The molecule has 1 N–H and O–H groups in total. The predicted octanol–water partition coefficient (Wildman–Crippen LogP) is 1.58. The summed E-state index contributed by atoms with van der Waals surface area (Å²) in [6, 6.07) is 5.57. The minimum absolute atomic E-state index is 0.166. The first-order valence-corrected chi connectivity index (χ1v) is 7.86. The molecule has 1 aromatic rings. The zero-order valence-electron chi connectivity index (χ0n) is 11.6. The van der Waals surface area contributed by atoms with E-state index in [4.69, 9.17) is 9.47 Å². The molecule has 0 bridgehead atoms. The smallest absolute Gasteiger partial charge is 0.211 e. The van der Waals surface area contributed by atoms with E-state index in [2.05, 4.69) is 4.72 Å². The van der Waals surface area contributed by atoms with Gasteiger partial charge in [-0.3, -0.25) is 0 Å². The molecule has 0 fully saturated rings. The van der Waals surface area contributed by atoms with Crippen molar-refractivity contribution in [3.8, 4) is 11.5 Å². The highest BCUT2D eigenvalue weighted by Crippen LogP contribution is 2.27. The lowest BCUT2D eigenvalue weighted by molar-refractivity contribution is 0.354. The van der Waals surface area contributed by atoms with Crippen molar-refractivity contribution in [3.63, 3.8) is 0 Å². The maximum absolute atomic E-state index is 11.5. The van der Waals surface area contributed by atoms with Crippen molar-refractivity contribution in [1.29, 1.82) is 0 Å². The van der Waals surface area contributed by atoms with E-state index in [0.29, 0.717) is 30.9 Å². The van der Waals surface area contributed by atoms with E-state index >= 15 is 0 Å². The van der Waals surface area contributed by atoms with E-state index in [0.717, 1.165) is 5.56 Å². The van der Waals surface area contributed by atoms with Crippen molar-refractivity contribution >= 4 is 10.0 Å². The summed E-state index contributed by atoms with van der Waals surface area (Å²) in [6.07, 6.45) is 1.23. The Hall–Kier alpha value is -1.27. The molecule has 0 aliphatic rings. The molecule has 0 aliphatic heterocycles. The van der Waals surface area contributed by atoms with Gasteiger partial charge in [0.05, 0.1) is 20.0 Å². The lowest BCUT2D eigenvalue weighted by Gasteiger charge is -2.10. The van der Waals surface area contributed by atoms with Crippen LogP contribution in [0, 0.1) is 0 Å². The van der Waals surface area contributed by atoms with E-state index in [-0.39, 0.29) is 5.75 Å². The highest BCUT2D eigenvalue weighted by molar-refractivity contribution is 7.89. The normalized spacial score (nSPS) is 11.3. The van der Waals surface area contributed by atoms with Crippen LogP contribution in [-0.2, 0) is 16.4 Å². The average Bonchev–Trinajstić information content (AvgIpc) is 2.38. The third-order valence-corrected chi connectivity index (χ3v) is 4.25. The van der Waals surface area contributed by atoms with E-state index in [1.165, 1.54) is 0 Å². The monoisotopic (exact) mass is 287 g/mol. The second kappa shape index (κ2) is 7.35. The fraction of sp³-hybridized carbons (Fsp3) is 0.538. The van der Waals surface area contributed by atoms with Gasteiger partial charge in [0.15, 0.2) is 11.5 Å². The van der Waals surface area contributed by atoms with Crippen LogP contribution in [0.3, 0.4) is 0 Å². The largest absolute Gasteiger partial charge is 0.493 e. The maximum atomic E-state index is 11.5. The first kappa shape index (κ1) is 15.8. The van der Waals surface area contributed by atoms with Crippen molar-refractivity contribution < 1.29 is 17.9 Å². The molecule has 19 heavy (non-hydrogen) atoms. The highest BCUT2D eigenvalue weighted by Gasteiger charge is 2.08. The van der Waals surface area contributed by atoms with Gasteiger partial charge in [-0.2, -0.15) is 0 Å². The van der Waals surface area contributed by atoms with Gasteiger partial charge in [-0.1, -0.05) is 13.0 Å². The number of sulfonamides is 1. The Morgan fingerprint density at radius 2 is 1.84 bits per heavy atom. The van der Waals surface area contributed by atoms with E-state index < -0.39 is 10.0 Å². The summed E-state index contributed by atoms with van der Waals surface area (Å²) >= 11 is 0. The van der Waals surface area contributed by atoms with Gasteiger partial charge in [0.1, 0.15) is 0 Å². The van der Waals surface area contributed by atoms with Crippen LogP contribution < -0.4 is 14.2 Å². The van der Waals surface area contributed by atoms with Crippen LogP contribution in [0.4, 0.5) is 0 Å². The van der Waals surface area contributed by atoms with Gasteiger partial charge < -0.3 is 9.47 Å². The standard InChI is InChI=1S/C13H21NO4S/c1-4-9-19(15,16)14-8-7-11-5-6-12(17-2)13(10-11)18-3/h5-6,10,14H,4,7-9H2,1-3H3. The maximum Gasteiger partial charge on any atom is 0.211 e. The fourth-order valence-electron chi connectivity index (χ4n) is 1.73. The van der Waals surface area contributed by atoms with Gasteiger partial charge in [0.2, 0.25) is 10.0 Å². The lowest BCUT2D eigenvalue weighted by Crippen LogP contribution is -2.28. The molecule has 0 amide bonds. The Bertz CT molecular complexity index is 499. The molecule has 0 atom stereocenters. The second-order valence-corrected chi connectivity index (χ2v) is 6.08. The molecule has 1 rings (SSSR count). The van der Waals surface area contributed by atoms with Crippen LogP contribution >= 0.6 is 0 Å². The van der Waals surface area contributed by atoms with Crippen molar-refractivity contribution in [1.82, 2.24) is 4.72 Å². The summed E-state index contributed by atoms with van der Waals surface area (Å²) in [5.74, 6) is 1.48. The van der Waals surface area contributed by atoms with Gasteiger partial charge in [-0.25, -0.2) is 13.1 Å². The van der Waals surface area contributed by atoms with Gasteiger partial charge in [-0.05, 0) is 30.5 Å². The van der Waals surface area contributed by atoms with Crippen molar-refractivity contribution in [2.45, 2.75) is 19.8 Å². The molecule has 0 heterocycles.